The van der Waals surface area contributed by atoms with E-state index in [0.717, 1.165) is 30.8 Å². The van der Waals surface area contributed by atoms with Gasteiger partial charge in [0.2, 0.25) is 0 Å². The molecular weight excluding hydrogens is 336 g/mol. The highest BCUT2D eigenvalue weighted by atomic mass is 28.4. The zero-order valence-corrected chi connectivity index (χ0v) is 17.9. The molecule has 0 radical (unpaired) electrons. The summed E-state index contributed by atoms with van der Waals surface area (Å²) in [5, 5.41) is 3.85. The lowest BCUT2D eigenvalue weighted by atomic mass is 10.0. The zero-order chi connectivity index (χ0) is 19.2. The molecule has 0 amide bonds. The van der Waals surface area contributed by atoms with Crippen molar-refractivity contribution in [2.24, 2.45) is 5.73 Å². The van der Waals surface area contributed by atoms with Gasteiger partial charge in [0.05, 0.1) is 0 Å². The van der Waals surface area contributed by atoms with Gasteiger partial charge in [0.1, 0.15) is 0 Å². The monoisotopic (exact) mass is 370 g/mol. The first-order chi connectivity index (χ1) is 12.2. The van der Waals surface area contributed by atoms with E-state index in [2.05, 4.69) is 81.6 Å². The van der Waals surface area contributed by atoms with Gasteiger partial charge >= 0.3 is 0 Å². The summed E-state index contributed by atoms with van der Waals surface area (Å²) in [7, 11) is -1.66. The Kier molecular flexibility index (Phi) is 7.04. The molecule has 142 valence electrons. The predicted molar refractivity (Wildman–Crippen MR) is 116 cm³/mol. The van der Waals surface area contributed by atoms with Crippen molar-refractivity contribution in [3.63, 3.8) is 0 Å². The minimum absolute atomic E-state index is 0.260. The maximum Gasteiger partial charge on any atom is 0.191 e. The Bertz CT molecular complexity index is 693. The molecule has 0 aliphatic carbocycles. The molecule has 0 bridgehead atoms. The van der Waals surface area contributed by atoms with E-state index in [4.69, 9.17) is 10.2 Å². The van der Waals surface area contributed by atoms with Gasteiger partial charge in [-0.3, -0.25) is 0 Å². The third-order valence-corrected chi connectivity index (χ3v) is 9.85. The minimum Gasteiger partial charge on any atom is -0.417 e. The molecule has 0 fully saturated rings. The second-order valence-corrected chi connectivity index (χ2v) is 13.1. The molecule has 0 aliphatic rings. The third kappa shape index (κ3) is 5.43. The molecule has 26 heavy (non-hydrogen) atoms. The molecule has 3 nitrogen and oxygen atoms in total. The number of hydrogen-bond acceptors (Lipinski definition) is 3. The Morgan fingerprint density at radius 2 is 1.73 bits per heavy atom. The molecule has 0 unspecified atom stereocenters. The molecule has 4 heteroatoms. The first-order valence-corrected chi connectivity index (χ1v) is 12.4. The van der Waals surface area contributed by atoms with Gasteiger partial charge in [-0.1, -0.05) is 63.2 Å². The molecule has 2 aromatic rings. The number of benzene rings is 2. The number of hydrogen-bond donors (Lipinski definition) is 2. The smallest absolute Gasteiger partial charge is 0.191 e. The van der Waals surface area contributed by atoms with Gasteiger partial charge < -0.3 is 15.5 Å². The van der Waals surface area contributed by atoms with E-state index in [-0.39, 0.29) is 5.04 Å². The molecule has 0 aliphatic heterocycles. The largest absolute Gasteiger partial charge is 0.417 e. The van der Waals surface area contributed by atoms with Crippen LogP contribution in [0.2, 0.25) is 18.1 Å². The Morgan fingerprint density at radius 1 is 1.04 bits per heavy atom. The van der Waals surface area contributed by atoms with E-state index >= 15 is 0 Å². The fourth-order valence-corrected chi connectivity index (χ4v) is 3.66. The second kappa shape index (κ2) is 8.85. The number of nitrogens with one attached hydrogen (secondary N) is 1. The highest BCUT2D eigenvalue weighted by molar-refractivity contribution is 6.74. The van der Waals surface area contributed by atoms with E-state index in [1.165, 1.54) is 11.1 Å². The fraction of sp³-hybridized carbons (Fsp3) is 0.455. The third-order valence-electron chi connectivity index (χ3n) is 5.31. The lowest BCUT2D eigenvalue weighted by Gasteiger charge is -2.36. The Hall–Kier alpha value is -1.62. The van der Waals surface area contributed by atoms with Crippen LogP contribution in [0, 0.1) is 0 Å². The summed E-state index contributed by atoms with van der Waals surface area (Å²) in [6.07, 6.45) is 0.994. The first kappa shape index (κ1) is 20.7. The summed E-state index contributed by atoms with van der Waals surface area (Å²) in [5.74, 6) is 0. The molecule has 0 saturated carbocycles. The summed E-state index contributed by atoms with van der Waals surface area (Å²) in [6, 6.07) is 16.9. The highest BCUT2D eigenvalue weighted by Gasteiger charge is 2.36. The molecule has 0 spiro atoms. The summed E-state index contributed by atoms with van der Waals surface area (Å²) in [6.45, 7) is 13.7. The summed E-state index contributed by atoms with van der Waals surface area (Å²) in [5.41, 5.74) is 10.6. The maximum absolute atomic E-state index is 6.27. The van der Waals surface area contributed by atoms with Crippen molar-refractivity contribution in [2.75, 3.05) is 18.5 Å². The van der Waals surface area contributed by atoms with Crippen molar-refractivity contribution in [1.82, 2.24) is 0 Å². The van der Waals surface area contributed by atoms with Gasteiger partial charge in [0.25, 0.3) is 0 Å². The van der Waals surface area contributed by atoms with Gasteiger partial charge in [-0.15, -0.1) is 0 Å². The Labute approximate surface area is 160 Å². The van der Waals surface area contributed by atoms with Crippen LogP contribution in [0.25, 0.3) is 11.1 Å². The summed E-state index contributed by atoms with van der Waals surface area (Å²) in [4.78, 5) is 0. The van der Waals surface area contributed by atoms with Crippen LogP contribution in [0.5, 0.6) is 0 Å². The van der Waals surface area contributed by atoms with E-state index in [1.54, 1.807) is 0 Å². The highest BCUT2D eigenvalue weighted by Crippen LogP contribution is 2.36. The van der Waals surface area contributed by atoms with E-state index in [9.17, 15) is 0 Å². The van der Waals surface area contributed by atoms with Gasteiger partial charge in [0.15, 0.2) is 8.32 Å². The second-order valence-electron chi connectivity index (χ2n) is 8.34. The Balaban J connectivity index is 1.99. The maximum atomic E-state index is 6.27. The minimum atomic E-state index is -1.66. The van der Waals surface area contributed by atoms with E-state index < -0.39 is 8.32 Å². The van der Waals surface area contributed by atoms with Gasteiger partial charge in [-0.25, -0.2) is 0 Å². The SMILES string of the molecule is CC(C)(C)[Si](C)(C)OCCCNc1cc(CN)ccc1-c1ccccc1. The molecule has 0 heterocycles. The van der Waals surface area contributed by atoms with Crippen molar-refractivity contribution < 1.29 is 4.43 Å². The van der Waals surface area contributed by atoms with Crippen LogP contribution in [0.4, 0.5) is 5.69 Å². The van der Waals surface area contributed by atoms with Crippen molar-refractivity contribution in [2.45, 2.75) is 51.9 Å². The molecule has 0 saturated heterocycles. The van der Waals surface area contributed by atoms with Crippen molar-refractivity contribution in [3.8, 4) is 11.1 Å². The van der Waals surface area contributed by atoms with Crippen LogP contribution in [0.3, 0.4) is 0 Å². The molecule has 3 N–H and O–H groups in total. The number of nitrogens with two attached hydrogens (primary N) is 1. The normalized spacial score (nSPS) is 12.2. The summed E-state index contributed by atoms with van der Waals surface area (Å²) < 4.78 is 6.27. The van der Waals surface area contributed by atoms with Crippen LogP contribution in [0.15, 0.2) is 48.5 Å². The van der Waals surface area contributed by atoms with Crippen molar-refractivity contribution in [3.05, 3.63) is 54.1 Å². The number of rotatable bonds is 8. The van der Waals surface area contributed by atoms with Crippen LogP contribution < -0.4 is 11.1 Å². The van der Waals surface area contributed by atoms with Gasteiger partial charge in [-0.2, -0.15) is 0 Å². The van der Waals surface area contributed by atoms with Gasteiger partial charge in [-0.05, 0) is 41.7 Å². The fourth-order valence-electron chi connectivity index (χ4n) is 2.57. The average Bonchev–Trinajstić information content (AvgIpc) is 2.61. The zero-order valence-electron chi connectivity index (χ0n) is 16.9. The lowest BCUT2D eigenvalue weighted by molar-refractivity contribution is 0.286. The average molecular weight is 371 g/mol. The predicted octanol–water partition coefficient (Wildman–Crippen LogP) is 5.64. The first-order valence-electron chi connectivity index (χ1n) is 9.51. The van der Waals surface area contributed by atoms with E-state index in [1.807, 2.05) is 6.07 Å². The topological polar surface area (TPSA) is 47.3 Å². The number of anilines is 1. The van der Waals surface area contributed by atoms with Crippen LogP contribution in [-0.2, 0) is 11.0 Å². The lowest BCUT2D eigenvalue weighted by Crippen LogP contribution is -2.41. The summed E-state index contributed by atoms with van der Waals surface area (Å²) >= 11 is 0. The Morgan fingerprint density at radius 3 is 2.35 bits per heavy atom. The molecule has 2 rings (SSSR count). The van der Waals surface area contributed by atoms with Crippen LogP contribution in [0.1, 0.15) is 32.8 Å². The quantitative estimate of drug-likeness (QED) is 0.467. The molecule has 2 aromatic carbocycles. The van der Waals surface area contributed by atoms with Crippen LogP contribution in [-0.4, -0.2) is 21.5 Å². The molecular formula is C22H34N2OSi. The van der Waals surface area contributed by atoms with Crippen LogP contribution >= 0.6 is 0 Å². The molecule has 0 atom stereocenters. The van der Waals surface area contributed by atoms with Gasteiger partial charge in [0, 0.05) is 30.9 Å². The van der Waals surface area contributed by atoms with Crippen molar-refractivity contribution >= 4 is 14.0 Å². The van der Waals surface area contributed by atoms with E-state index in [0.29, 0.717) is 6.54 Å². The van der Waals surface area contributed by atoms with Crippen molar-refractivity contribution in [1.29, 1.82) is 0 Å². The standard InChI is InChI=1S/C22H34N2OSi/c1-22(2,3)26(4,5)25-15-9-14-24-21-16-18(17-23)12-13-20(21)19-10-7-6-8-11-19/h6-8,10-13,16,24H,9,14-15,17,23H2,1-5H3. The molecule has 0 aromatic heterocycles.